The van der Waals surface area contributed by atoms with E-state index in [-0.39, 0.29) is 5.41 Å². The molecule has 1 atom stereocenters. The standard InChI is InChI=1S/C14H28N2O/c1-5-14(6-2,12-17)11-16-9-7-8-15(4)10-13(16)3/h12-13H,5-11H2,1-4H3. The van der Waals surface area contributed by atoms with Gasteiger partial charge in [0.05, 0.1) is 0 Å². The summed E-state index contributed by atoms with van der Waals surface area (Å²) in [5.41, 5.74) is -0.128. The van der Waals surface area contributed by atoms with Gasteiger partial charge in [0.15, 0.2) is 0 Å². The molecule has 1 saturated heterocycles. The Morgan fingerprint density at radius 1 is 1.29 bits per heavy atom. The zero-order valence-electron chi connectivity index (χ0n) is 11.9. The third-order valence-corrected chi connectivity index (χ3v) is 4.36. The van der Waals surface area contributed by atoms with Crippen molar-refractivity contribution in [3.8, 4) is 0 Å². The van der Waals surface area contributed by atoms with Crippen LogP contribution in [-0.2, 0) is 4.79 Å². The second-order valence-corrected chi connectivity index (χ2v) is 5.62. The van der Waals surface area contributed by atoms with Crippen LogP contribution in [0.5, 0.6) is 0 Å². The molecule has 1 aliphatic rings. The fraction of sp³-hybridized carbons (Fsp3) is 0.929. The van der Waals surface area contributed by atoms with Crippen molar-refractivity contribution in [1.29, 1.82) is 0 Å². The highest BCUT2D eigenvalue weighted by atomic mass is 16.1. The number of rotatable bonds is 5. The largest absolute Gasteiger partial charge is 0.305 e. The van der Waals surface area contributed by atoms with Crippen LogP contribution in [-0.4, -0.2) is 55.4 Å². The van der Waals surface area contributed by atoms with Gasteiger partial charge in [-0.1, -0.05) is 13.8 Å². The number of hydrogen-bond acceptors (Lipinski definition) is 3. The molecule has 100 valence electrons. The van der Waals surface area contributed by atoms with Gasteiger partial charge in [-0.3, -0.25) is 4.90 Å². The first-order chi connectivity index (χ1) is 8.06. The van der Waals surface area contributed by atoms with Crippen molar-refractivity contribution >= 4 is 6.29 Å². The highest BCUT2D eigenvalue weighted by molar-refractivity contribution is 5.59. The molecule has 0 radical (unpaired) electrons. The molecular weight excluding hydrogens is 212 g/mol. The van der Waals surface area contributed by atoms with E-state index >= 15 is 0 Å². The number of carbonyl (C=O) groups is 1. The molecule has 3 heteroatoms. The van der Waals surface area contributed by atoms with Gasteiger partial charge in [-0.15, -0.1) is 0 Å². The maximum absolute atomic E-state index is 11.4. The molecule has 0 aliphatic carbocycles. The molecule has 0 saturated carbocycles. The maximum Gasteiger partial charge on any atom is 0.127 e. The molecule has 0 bridgehead atoms. The minimum atomic E-state index is -0.128. The molecule has 3 nitrogen and oxygen atoms in total. The van der Waals surface area contributed by atoms with Gasteiger partial charge in [0, 0.05) is 24.5 Å². The topological polar surface area (TPSA) is 23.6 Å². The number of nitrogens with zero attached hydrogens (tertiary/aromatic N) is 2. The van der Waals surface area contributed by atoms with Gasteiger partial charge in [-0.2, -0.15) is 0 Å². The van der Waals surface area contributed by atoms with E-state index in [1.54, 1.807) is 0 Å². The number of hydrogen-bond donors (Lipinski definition) is 0. The summed E-state index contributed by atoms with van der Waals surface area (Å²) in [7, 11) is 2.19. The van der Waals surface area contributed by atoms with Crippen molar-refractivity contribution in [3.05, 3.63) is 0 Å². The fourth-order valence-corrected chi connectivity index (χ4v) is 2.74. The average molecular weight is 240 g/mol. The Kier molecular flexibility index (Phi) is 5.60. The molecule has 1 heterocycles. The summed E-state index contributed by atoms with van der Waals surface area (Å²) in [5.74, 6) is 0. The summed E-state index contributed by atoms with van der Waals surface area (Å²) in [5, 5.41) is 0. The minimum Gasteiger partial charge on any atom is -0.305 e. The first-order valence-corrected chi connectivity index (χ1v) is 6.96. The Morgan fingerprint density at radius 3 is 2.47 bits per heavy atom. The van der Waals surface area contributed by atoms with E-state index in [0.29, 0.717) is 6.04 Å². The van der Waals surface area contributed by atoms with Gasteiger partial charge in [-0.05, 0) is 46.3 Å². The fourth-order valence-electron chi connectivity index (χ4n) is 2.74. The smallest absolute Gasteiger partial charge is 0.127 e. The Labute approximate surface area is 106 Å². The third kappa shape index (κ3) is 3.78. The molecule has 0 aromatic carbocycles. The van der Waals surface area contributed by atoms with Crippen molar-refractivity contribution in [2.45, 2.75) is 46.1 Å². The maximum atomic E-state index is 11.4. The quantitative estimate of drug-likeness (QED) is 0.687. The molecule has 0 amide bonds. The Balaban J connectivity index is 2.67. The van der Waals surface area contributed by atoms with E-state index in [1.807, 2.05) is 0 Å². The molecule has 0 spiro atoms. The highest BCUT2D eigenvalue weighted by Crippen LogP contribution is 2.26. The van der Waals surface area contributed by atoms with Crippen molar-refractivity contribution in [2.75, 3.05) is 33.2 Å². The molecule has 0 aromatic heterocycles. The molecule has 1 unspecified atom stereocenters. The summed E-state index contributed by atoms with van der Waals surface area (Å²) in [6.45, 7) is 10.9. The van der Waals surface area contributed by atoms with E-state index in [4.69, 9.17) is 0 Å². The zero-order chi connectivity index (χ0) is 12.9. The third-order valence-electron chi connectivity index (χ3n) is 4.36. The molecule has 1 aliphatic heterocycles. The number of aldehydes is 1. The SMILES string of the molecule is CCC(C=O)(CC)CN1CCCN(C)CC1C. The highest BCUT2D eigenvalue weighted by Gasteiger charge is 2.31. The van der Waals surface area contributed by atoms with E-state index in [1.165, 1.54) is 19.3 Å². The van der Waals surface area contributed by atoms with Gasteiger partial charge in [0.1, 0.15) is 6.29 Å². The summed E-state index contributed by atoms with van der Waals surface area (Å²) < 4.78 is 0. The Morgan fingerprint density at radius 2 is 1.94 bits per heavy atom. The molecule has 0 aromatic rings. The van der Waals surface area contributed by atoms with Crippen LogP contribution in [0.3, 0.4) is 0 Å². The summed E-state index contributed by atoms with van der Waals surface area (Å²) in [4.78, 5) is 16.3. The molecule has 17 heavy (non-hydrogen) atoms. The van der Waals surface area contributed by atoms with Crippen LogP contribution in [0.15, 0.2) is 0 Å². The lowest BCUT2D eigenvalue weighted by Crippen LogP contribution is -2.45. The van der Waals surface area contributed by atoms with E-state index < -0.39 is 0 Å². The van der Waals surface area contributed by atoms with Crippen molar-refractivity contribution in [3.63, 3.8) is 0 Å². The van der Waals surface area contributed by atoms with Crippen LogP contribution in [0.25, 0.3) is 0 Å². The van der Waals surface area contributed by atoms with Gasteiger partial charge >= 0.3 is 0 Å². The van der Waals surface area contributed by atoms with E-state index in [2.05, 4.69) is 37.6 Å². The first kappa shape index (κ1) is 14.7. The summed E-state index contributed by atoms with van der Waals surface area (Å²) in [6, 6.07) is 0.555. The number of carbonyl (C=O) groups excluding carboxylic acids is 1. The van der Waals surface area contributed by atoms with Crippen molar-refractivity contribution in [1.82, 2.24) is 9.80 Å². The van der Waals surface area contributed by atoms with Gasteiger partial charge < -0.3 is 9.69 Å². The predicted octanol–water partition coefficient (Wildman–Crippen LogP) is 2.02. The molecule has 1 rings (SSSR count). The van der Waals surface area contributed by atoms with Crippen LogP contribution in [0.2, 0.25) is 0 Å². The molecule has 1 fully saturated rings. The average Bonchev–Trinajstić information content (AvgIpc) is 2.48. The Bertz CT molecular complexity index is 238. The van der Waals surface area contributed by atoms with Crippen LogP contribution < -0.4 is 0 Å². The van der Waals surface area contributed by atoms with Crippen LogP contribution >= 0.6 is 0 Å². The molecule has 0 N–H and O–H groups in total. The van der Waals surface area contributed by atoms with Gasteiger partial charge in [0.25, 0.3) is 0 Å². The first-order valence-electron chi connectivity index (χ1n) is 6.96. The minimum absolute atomic E-state index is 0.128. The van der Waals surface area contributed by atoms with Crippen molar-refractivity contribution in [2.24, 2.45) is 5.41 Å². The van der Waals surface area contributed by atoms with E-state index in [9.17, 15) is 4.79 Å². The van der Waals surface area contributed by atoms with Crippen LogP contribution in [0.4, 0.5) is 0 Å². The molecular formula is C14H28N2O. The van der Waals surface area contributed by atoms with Gasteiger partial charge in [-0.25, -0.2) is 0 Å². The lowest BCUT2D eigenvalue weighted by Gasteiger charge is -2.36. The van der Waals surface area contributed by atoms with Crippen molar-refractivity contribution < 1.29 is 4.79 Å². The summed E-state index contributed by atoms with van der Waals surface area (Å²) in [6.07, 6.45) is 4.30. The monoisotopic (exact) mass is 240 g/mol. The van der Waals surface area contributed by atoms with Crippen LogP contribution in [0.1, 0.15) is 40.0 Å². The van der Waals surface area contributed by atoms with Gasteiger partial charge in [0.2, 0.25) is 0 Å². The predicted molar refractivity (Wildman–Crippen MR) is 72.2 cm³/mol. The summed E-state index contributed by atoms with van der Waals surface area (Å²) >= 11 is 0. The lowest BCUT2D eigenvalue weighted by molar-refractivity contribution is -0.118. The second kappa shape index (κ2) is 6.50. The van der Waals surface area contributed by atoms with Crippen LogP contribution in [0, 0.1) is 5.41 Å². The second-order valence-electron chi connectivity index (χ2n) is 5.62. The normalized spacial score (nSPS) is 24.6. The lowest BCUT2D eigenvalue weighted by atomic mass is 9.83. The Hall–Kier alpha value is -0.410. The van der Waals surface area contributed by atoms with E-state index in [0.717, 1.165) is 32.5 Å². The number of likely N-dealkylation sites (N-methyl/N-ethyl adjacent to an activating group) is 1. The zero-order valence-corrected chi connectivity index (χ0v) is 11.9.